The summed E-state index contributed by atoms with van der Waals surface area (Å²) >= 11 is 13.8. The Hall–Kier alpha value is -4.36. The molecule has 0 bridgehead atoms. The van der Waals surface area contributed by atoms with E-state index in [2.05, 4.69) is 31.2 Å². The van der Waals surface area contributed by atoms with Crippen LogP contribution in [0.2, 0.25) is 10.0 Å². The van der Waals surface area contributed by atoms with Crippen molar-refractivity contribution >= 4 is 40.7 Å². The van der Waals surface area contributed by atoms with Gasteiger partial charge < -0.3 is 30.7 Å². The van der Waals surface area contributed by atoms with Crippen molar-refractivity contribution in [1.29, 1.82) is 0 Å². The molecule has 48 heavy (non-hydrogen) atoms. The molecule has 4 N–H and O–H groups in total. The summed E-state index contributed by atoms with van der Waals surface area (Å²) in [4.78, 5) is 38.2. The van der Waals surface area contributed by atoms with Gasteiger partial charge in [-0.2, -0.15) is 0 Å². The van der Waals surface area contributed by atoms with Crippen LogP contribution in [0, 0.1) is 0 Å². The fourth-order valence-corrected chi connectivity index (χ4v) is 5.87. The van der Waals surface area contributed by atoms with Crippen molar-refractivity contribution in [3.05, 3.63) is 81.7 Å². The number of carbonyl (C=O) groups is 2. The van der Waals surface area contributed by atoms with Crippen molar-refractivity contribution in [1.82, 2.24) is 30.9 Å². The molecule has 1 aliphatic rings. The number of amides is 2. The number of rotatable bonds is 15. The van der Waals surface area contributed by atoms with Gasteiger partial charge in [0, 0.05) is 72.8 Å². The molecule has 5 rings (SSSR count). The Labute approximate surface area is 288 Å². The van der Waals surface area contributed by atoms with Crippen LogP contribution in [0.3, 0.4) is 0 Å². The number of anilines is 1. The molecule has 1 atom stereocenters. The molecule has 1 aromatic carbocycles. The lowest BCUT2D eigenvalue weighted by molar-refractivity contribution is -0.119. The number of alkyl halides is 1. The number of benzene rings is 1. The van der Waals surface area contributed by atoms with Crippen LogP contribution in [-0.2, 0) is 17.9 Å². The molecule has 3 aromatic heterocycles. The molecule has 0 spiro atoms. The number of nitrogens with one attached hydrogen (secondary N) is 4. The maximum absolute atomic E-state index is 13.2. The van der Waals surface area contributed by atoms with E-state index in [1.165, 1.54) is 7.11 Å². The zero-order chi connectivity index (χ0) is 34.0. The van der Waals surface area contributed by atoms with Crippen molar-refractivity contribution in [3.63, 3.8) is 0 Å². The predicted octanol–water partition coefficient (Wildman–Crippen LogP) is 5.60. The molecule has 4 aromatic rings. The molecule has 0 unspecified atom stereocenters. The van der Waals surface area contributed by atoms with Crippen molar-refractivity contribution in [2.75, 3.05) is 39.3 Å². The van der Waals surface area contributed by atoms with E-state index in [0.29, 0.717) is 83.9 Å². The van der Waals surface area contributed by atoms with Gasteiger partial charge in [0.05, 0.1) is 48.0 Å². The van der Waals surface area contributed by atoms with Crippen LogP contribution in [0.15, 0.2) is 54.9 Å². The third kappa shape index (κ3) is 8.37. The summed E-state index contributed by atoms with van der Waals surface area (Å²) in [6.07, 6.45) is 4.93. The first kappa shape index (κ1) is 35.0. The molecule has 1 aliphatic heterocycles. The molecular formula is C34H36Cl2FN7O4. The third-order valence-corrected chi connectivity index (χ3v) is 8.58. The van der Waals surface area contributed by atoms with E-state index >= 15 is 0 Å². The van der Waals surface area contributed by atoms with Crippen molar-refractivity contribution in [2.24, 2.45) is 0 Å². The topological polar surface area (TPSA) is 139 Å². The molecule has 0 radical (unpaired) electrons. The monoisotopic (exact) mass is 695 g/mol. The number of methoxy groups -OCH3 is 2. The highest BCUT2D eigenvalue weighted by molar-refractivity contribution is 6.39. The zero-order valence-electron chi connectivity index (χ0n) is 26.5. The van der Waals surface area contributed by atoms with Crippen molar-refractivity contribution in [3.8, 4) is 34.1 Å². The minimum absolute atomic E-state index is 0.0777. The molecule has 4 heterocycles. The normalized spacial score (nSPS) is 14.1. The predicted molar refractivity (Wildman–Crippen MR) is 183 cm³/mol. The number of carbonyl (C=O) groups excluding carboxylic acids is 2. The number of ether oxygens (including phenoxy) is 2. The average molecular weight is 697 g/mol. The molecule has 1 saturated heterocycles. The number of hydrogen-bond donors (Lipinski definition) is 4. The Morgan fingerprint density at radius 2 is 1.85 bits per heavy atom. The largest absolute Gasteiger partial charge is 0.496 e. The van der Waals surface area contributed by atoms with Gasteiger partial charge in [-0.05, 0) is 37.6 Å². The van der Waals surface area contributed by atoms with Gasteiger partial charge in [-0.15, -0.1) is 0 Å². The summed E-state index contributed by atoms with van der Waals surface area (Å²) in [6, 6.07) is 12.3. The average Bonchev–Trinajstić information content (AvgIpc) is 3.52. The summed E-state index contributed by atoms with van der Waals surface area (Å²) < 4.78 is 23.4. The molecule has 11 nitrogen and oxygen atoms in total. The lowest BCUT2D eigenvalue weighted by Crippen LogP contribution is -2.35. The number of halogens is 3. The van der Waals surface area contributed by atoms with E-state index in [0.717, 1.165) is 17.5 Å². The molecule has 2 amide bonds. The highest BCUT2D eigenvalue weighted by Crippen LogP contribution is 2.40. The Morgan fingerprint density at radius 3 is 2.60 bits per heavy atom. The lowest BCUT2D eigenvalue weighted by Gasteiger charge is -2.15. The van der Waals surface area contributed by atoms with E-state index in [-0.39, 0.29) is 22.7 Å². The first-order valence-corrected chi connectivity index (χ1v) is 16.2. The van der Waals surface area contributed by atoms with Crippen LogP contribution in [0.4, 0.5) is 10.1 Å². The standard InChI is InChI=1S/C34H36Cl2FN7O4/c1-47-28-15-27(41-18-21(28)17-38-13-4-12-37)33(46)43-26-6-3-5-24(30(26)35)32-31(36)23(11-14-40-32)25-9-7-20(34(44-25)48-2)16-39-19-22-8-10-29(45)42-22/h3,5-7,9,11,14-15,18,22,38-39H,4,8,10,12-13,16-17,19H2,1-2H3,(H,42,45)(H,43,46)/t22-/m0/s1. The van der Waals surface area contributed by atoms with Crippen LogP contribution >= 0.6 is 23.2 Å². The van der Waals surface area contributed by atoms with Crippen LogP contribution < -0.4 is 30.7 Å². The Balaban J connectivity index is 1.32. The van der Waals surface area contributed by atoms with Crippen LogP contribution in [-0.4, -0.2) is 66.8 Å². The van der Waals surface area contributed by atoms with E-state index in [4.69, 9.17) is 37.7 Å². The Bertz CT molecular complexity index is 1780. The maximum Gasteiger partial charge on any atom is 0.274 e. The molecule has 252 valence electrons. The van der Waals surface area contributed by atoms with Gasteiger partial charge in [-0.3, -0.25) is 23.9 Å². The smallest absolute Gasteiger partial charge is 0.274 e. The zero-order valence-corrected chi connectivity index (χ0v) is 28.1. The molecule has 1 fully saturated rings. The first-order chi connectivity index (χ1) is 23.3. The minimum Gasteiger partial charge on any atom is -0.496 e. The van der Waals surface area contributed by atoms with Crippen molar-refractivity contribution in [2.45, 2.75) is 38.4 Å². The third-order valence-electron chi connectivity index (χ3n) is 7.79. The van der Waals surface area contributed by atoms with Gasteiger partial charge in [0.2, 0.25) is 11.8 Å². The molecule has 14 heteroatoms. The van der Waals surface area contributed by atoms with E-state index < -0.39 is 12.6 Å². The highest BCUT2D eigenvalue weighted by Gasteiger charge is 2.22. The van der Waals surface area contributed by atoms with Gasteiger partial charge in [-0.25, -0.2) is 4.98 Å². The highest BCUT2D eigenvalue weighted by atomic mass is 35.5. The van der Waals surface area contributed by atoms with E-state index in [9.17, 15) is 14.0 Å². The summed E-state index contributed by atoms with van der Waals surface area (Å²) in [5.41, 5.74) is 4.18. The fourth-order valence-electron chi connectivity index (χ4n) is 5.30. The maximum atomic E-state index is 13.2. The number of aromatic nitrogens is 3. The SMILES string of the molecule is COc1cc(C(=O)Nc2cccc(-c3nccc(-c4ccc(CNC[C@@H]5CCC(=O)N5)c(OC)n4)c3Cl)c2Cl)ncc1CNCCCF. The first-order valence-electron chi connectivity index (χ1n) is 15.4. The Kier molecular flexibility index (Phi) is 12.1. The van der Waals surface area contributed by atoms with E-state index in [1.54, 1.807) is 49.8 Å². The molecular weight excluding hydrogens is 660 g/mol. The second-order valence-electron chi connectivity index (χ2n) is 11.0. The summed E-state index contributed by atoms with van der Waals surface area (Å²) in [5.74, 6) is 0.507. The minimum atomic E-state index is -0.490. The Morgan fingerprint density at radius 1 is 1.02 bits per heavy atom. The second kappa shape index (κ2) is 16.6. The van der Waals surface area contributed by atoms with Gasteiger partial charge in [0.15, 0.2) is 0 Å². The van der Waals surface area contributed by atoms with Gasteiger partial charge in [0.1, 0.15) is 11.4 Å². The summed E-state index contributed by atoms with van der Waals surface area (Å²) in [6.45, 7) is 1.69. The van der Waals surface area contributed by atoms with Gasteiger partial charge in [-0.1, -0.05) is 41.4 Å². The lowest BCUT2D eigenvalue weighted by atomic mass is 10.1. The van der Waals surface area contributed by atoms with Crippen LogP contribution in [0.25, 0.3) is 22.5 Å². The second-order valence-corrected chi connectivity index (χ2v) is 11.8. The van der Waals surface area contributed by atoms with Crippen LogP contribution in [0.5, 0.6) is 11.6 Å². The number of hydrogen-bond acceptors (Lipinski definition) is 9. The van der Waals surface area contributed by atoms with Crippen LogP contribution in [0.1, 0.15) is 40.9 Å². The van der Waals surface area contributed by atoms with Crippen molar-refractivity contribution < 1.29 is 23.5 Å². The fraction of sp³-hybridized carbons (Fsp3) is 0.324. The molecule has 0 saturated carbocycles. The summed E-state index contributed by atoms with van der Waals surface area (Å²) in [7, 11) is 3.06. The van der Waals surface area contributed by atoms with E-state index in [1.807, 2.05) is 12.1 Å². The number of nitrogens with zero attached hydrogens (tertiary/aromatic N) is 3. The summed E-state index contributed by atoms with van der Waals surface area (Å²) in [5, 5.41) is 12.8. The quantitative estimate of drug-likeness (QED) is 0.117. The number of pyridine rings is 3. The van der Waals surface area contributed by atoms with Gasteiger partial charge >= 0.3 is 0 Å². The molecule has 0 aliphatic carbocycles. The van der Waals surface area contributed by atoms with Gasteiger partial charge in [0.25, 0.3) is 5.91 Å².